The van der Waals surface area contributed by atoms with E-state index in [0.717, 1.165) is 11.2 Å². The maximum atomic E-state index is 5.57. The topological polar surface area (TPSA) is 62.1 Å². The summed E-state index contributed by atoms with van der Waals surface area (Å²) in [6, 6.07) is 0. The molecule has 0 fully saturated rings. The van der Waals surface area contributed by atoms with Crippen molar-refractivity contribution in [1.29, 1.82) is 0 Å². The van der Waals surface area contributed by atoms with Crippen molar-refractivity contribution in [1.82, 2.24) is 19.5 Å². The molecule has 86 valence electrons. The third-order valence-corrected chi connectivity index (χ3v) is 2.28. The van der Waals surface area contributed by atoms with Crippen LogP contribution in [0.2, 0.25) is 0 Å². The van der Waals surface area contributed by atoms with Crippen molar-refractivity contribution in [2.75, 3.05) is 20.3 Å². The normalized spacial score (nSPS) is 13.1. The Hall–Kier alpha value is -1.53. The third-order valence-electron chi connectivity index (χ3n) is 2.28. The van der Waals surface area contributed by atoms with Gasteiger partial charge in [0.1, 0.15) is 18.1 Å². The summed E-state index contributed by atoms with van der Waals surface area (Å²) in [7, 11) is 1.65. The van der Waals surface area contributed by atoms with E-state index in [1.165, 1.54) is 6.33 Å². The van der Waals surface area contributed by atoms with Crippen LogP contribution >= 0.6 is 0 Å². The molecule has 2 heterocycles. The molecular formula is C10H14N4O2. The van der Waals surface area contributed by atoms with Crippen LogP contribution in [0.25, 0.3) is 11.2 Å². The molecule has 0 amide bonds. The first-order chi connectivity index (χ1) is 7.83. The molecule has 16 heavy (non-hydrogen) atoms. The highest BCUT2D eigenvalue weighted by Crippen LogP contribution is 2.14. The second-order valence-corrected chi connectivity index (χ2v) is 3.35. The number of rotatable bonds is 5. The fourth-order valence-electron chi connectivity index (χ4n) is 1.43. The van der Waals surface area contributed by atoms with E-state index in [-0.39, 0.29) is 6.23 Å². The molecule has 6 nitrogen and oxygen atoms in total. The van der Waals surface area contributed by atoms with E-state index in [4.69, 9.17) is 9.47 Å². The number of ether oxygens (including phenoxy) is 2. The summed E-state index contributed by atoms with van der Waals surface area (Å²) in [5.74, 6) is 0. The molecule has 0 bridgehead atoms. The van der Waals surface area contributed by atoms with Gasteiger partial charge >= 0.3 is 0 Å². The molecule has 2 aromatic rings. The predicted octanol–water partition coefficient (Wildman–Crippen LogP) is 1.01. The Morgan fingerprint density at radius 1 is 1.38 bits per heavy atom. The summed E-state index contributed by atoms with van der Waals surface area (Å²) in [5.41, 5.74) is 1.55. The summed E-state index contributed by atoms with van der Waals surface area (Å²) >= 11 is 0. The van der Waals surface area contributed by atoms with E-state index in [1.807, 2.05) is 11.5 Å². The monoisotopic (exact) mass is 222 g/mol. The first-order valence-corrected chi connectivity index (χ1v) is 5.06. The Bertz CT molecular complexity index is 457. The van der Waals surface area contributed by atoms with Gasteiger partial charge in [0.2, 0.25) is 0 Å². The van der Waals surface area contributed by atoms with Gasteiger partial charge in [-0.25, -0.2) is 15.0 Å². The second kappa shape index (κ2) is 5.00. The van der Waals surface area contributed by atoms with Crippen molar-refractivity contribution in [3.05, 3.63) is 18.9 Å². The average Bonchev–Trinajstić information content (AvgIpc) is 2.73. The molecule has 0 aliphatic carbocycles. The van der Waals surface area contributed by atoms with Crippen molar-refractivity contribution < 1.29 is 9.47 Å². The first kappa shape index (κ1) is 11.0. The average molecular weight is 222 g/mol. The zero-order valence-electron chi connectivity index (χ0n) is 9.33. The number of fused-ring (bicyclic) bond motifs is 1. The van der Waals surface area contributed by atoms with Crippen LogP contribution in [-0.4, -0.2) is 39.8 Å². The highest BCUT2D eigenvalue weighted by molar-refractivity contribution is 5.68. The van der Waals surface area contributed by atoms with Crippen LogP contribution in [0, 0.1) is 0 Å². The van der Waals surface area contributed by atoms with Gasteiger partial charge in [-0.1, -0.05) is 0 Å². The molecule has 0 aromatic carbocycles. The van der Waals surface area contributed by atoms with Crippen LogP contribution in [0.4, 0.5) is 0 Å². The van der Waals surface area contributed by atoms with Gasteiger partial charge in [0, 0.05) is 7.11 Å². The minimum absolute atomic E-state index is 0.116. The van der Waals surface area contributed by atoms with E-state index < -0.39 is 0 Å². The third kappa shape index (κ3) is 2.17. The van der Waals surface area contributed by atoms with Gasteiger partial charge < -0.3 is 9.47 Å². The lowest BCUT2D eigenvalue weighted by atomic mass is 10.5. The van der Waals surface area contributed by atoms with Crippen molar-refractivity contribution in [2.24, 2.45) is 0 Å². The lowest BCUT2D eigenvalue weighted by molar-refractivity contribution is -0.00943. The minimum atomic E-state index is -0.116. The minimum Gasteiger partial charge on any atom is -0.382 e. The standard InChI is InChI=1S/C10H14N4O2/c1-8(16-4-3-15-2)14-7-13-9-5-11-6-12-10(9)14/h5-8H,3-4H2,1-2H3. The molecule has 0 saturated carbocycles. The van der Waals surface area contributed by atoms with E-state index in [2.05, 4.69) is 15.0 Å². The molecule has 0 aliphatic rings. The van der Waals surface area contributed by atoms with Crippen molar-refractivity contribution in [3.8, 4) is 0 Å². The lowest BCUT2D eigenvalue weighted by Crippen LogP contribution is -2.12. The quantitative estimate of drug-likeness (QED) is 0.706. The number of hydrogen-bond donors (Lipinski definition) is 0. The number of nitrogens with zero attached hydrogens (tertiary/aromatic N) is 4. The smallest absolute Gasteiger partial charge is 0.165 e. The summed E-state index contributed by atoms with van der Waals surface area (Å²) in [6.45, 7) is 3.06. The van der Waals surface area contributed by atoms with E-state index in [9.17, 15) is 0 Å². The van der Waals surface area contributed by atoms with Gasteiger partial charge in [0.05, 0.1) is 25.7 Å². The van der Waals surface area contributed by atoms with Crippen LogP contribution in [0.3, 0.4) is 0 Å². The molecule has 0 radical (unpaired) electrons. The fraction of sp³-hybridized carbons (Fsp3) is 0.500. The maximum Gasteiger partial charge on any atom is 0.165 e. The van der Waals surface area contributed by atoms with Gasteiger partial charge in [-0.15, -0.1) is 0 Å². The Morgan fingerprint density at radius 3 is 3.06 bits per heavy atom. The van der Waals surface area contributed by atoms with Gasteiger partial charge in [-0.2, -0.15) is 0 Å². The zero-order chi connectivity index (χ0) is 11.4. The Morgan fingerprint density at radius 2 is 2.25 bits per heavy atom. The van der Waals surface area contributed by atoms with Crippen LogP contribution in [-0.2, 0) is 9.47 Å². The summed E-state index contributed by atoms with van der Waals surface area (Å²) in [4.78, 5) is 12.3. The molecular weight excluding hydrogens is 208 g/mol. The molecule has 0 aliphatic heterocycles. The molecule has 2 aromatic heterocycles. The Labute approximate surface area is 93.2 Å². The van der Waals surface area contributed by atoms with Crippen LogP contribution in [0.1, 0.15) is 13.2 Å². The number of hydrogen-bond acceptors (Lipinski definition) is 5. The Kier molecular flexibility index (Phi) is 3.43. The molecule has 6 heteroatoms. The highest BCUT2D eigenvalue weighted by atomic mass is 16.5. The van der Waals surface area contributed by atoms with Crippen molar-refractivity contribution in [2.45, 2.75) is 13.2 Å². The van der Waals surface area contributed by atoms with Gasteiger partial charge in [-0.05, 0) is 6.92 Å². The number of imidazole rings is 1. The van der Waals surface area contributed by atoms with Crippen LogP contribution in [0.5, 0.6) is 0 Å². The van der Waals surface area contributed by atoms with E-state index in [0.29, 0.717) is 13.2 Å². The maximum absolute atomic E-state index is 5.57. The molecule has 0 saturated heterocycles. The molecule has 0 N–H and O–H groups in total. The number of aromatic nitrogens is 4. The van der Waals surface area contributed by atoms with Gasteiger partial charge in [0.25, 0.3) is 0 Å². The highest BCUT2D eigenvalue weighted by Gasteiger charge is 2.09. The van der Waals surface area contributed by atoms with Gasteiger partial charge in [0.15, 0.2) is 5.65 Å². The van der Waals surface area contributed by atoms with Crippen molar-refractivity contribution >= 4 is 11.2 Å². The predicted molar refractivity (Wildman–Crippen MR) is 57.9 cm³/mol. The SMILES string of the molecule is COCCOC(C)n1cnc2cncnc21. The first-order valence-electron chi connectivity index (χ1n) is 5.06. The Balaban J connectivity index is 2.13. The molecule has 2 rings (SSSR count). The van der Waals surface area contributed by atoms with E-state index in [1.54, 1.807) is 19.6 Å². The van der Waals surface area contributed by atoms with Gasteiger partial charge in [-0.3, -0.25) is 4.57 Å². The number of methoxy groups -OCH3 is 1. The van der Waals surface area contributed by atoms with Crippen LogP contribution in [0.15, 0.2) is 18.9 Å². The van der Waals surface area contributed by atoms with Crippen LogP contribution < -0.4 is 0 Å². The summed E-state index contributed by atoms with van der Waals surface area (Å²) in [5, 5.41) is 0. The molecule has 1 atom stereocenters. The van der Waals surface area contributed by atoms with Crippen molar-refractivity contribution in [3.63, 3.8) is 0 Å². The summed E-state index contributed by atoms with van der Waals surface area (Å²) in [6.07, 6.45) is 4.77. The van der Waals surface area contributed by atoms with E-state index >= 15 is 0 Å². The largest absolute Gasteiger partial charge is 0.382 e. The zero-order valence-corrected chi connectivity index (χ0v) is 9.33. The lowest BCUT2D eigenvalue weighted by Gasteiger charge is -2.14. The summed E-state index contributed by atoms with van der Waals surface area (Å²) < 4.78 is 12.4. The fourth-order valence-corrected chi connectivity index (χ4v) is 1.43. The molecule has 1 unspecified atom stereocenters. The second-order valence-electron chi connectivity index (χ2n) is 3.35. The molecule has 0 spiro atoms.